The highest BCUT2D eigenvalue weighted by Gasteiger charge is 2.19. The summed E-state index contributed by atoms with van der Waals surface area (Å²) in [5.41, 5.74) is 0. The van der Waals surface area contributed by atoms with Gasteiger partial charge in [-0.25, -0.2) is 0 Å². The van der Waals surface area contributed by atoms with Crippen LogP contribution in [0.5, 0.6) is 11.5 Å². The van der Waals surface area contributed by atoms with Crippen molar-refractivity contribution in [3.8, 4) is 11.5 Å². The van der Waals surface area contributed by atoms with Gasteiger partial charge >= 0.3 is 0 Å². The number of hydrogen-bond acceptors (Lipinski definition) is 5. The van der Waals surface area contributed by atoms with Crippen molar-refractivity contribution in [2.24, 2.45) is 0 Å². The van der Waals surface area contributed by atoms with Gasteiger partial charge in [-0.1, -0.05) is 12.1 Å². The second-order valence-electron chi connectivity index (χ2n) is 4.66. The smallest absolute Gasteiger partial charge is 0.161 e. The number of fused-ring (bicyclic) bond motifs is 1. The SMILES string of the molecule is COCCOCCCNCC1COc2ccccc2O1. The Labute approximate surface area is 120 Å². The highest BCUT2D eigenvalue weighted by Crippen LogP contribution is 2.30. The van der Waals surface area contributed by atoms with E-state index in [1.54, 1.807) is 7.11 Å². The van der Waals surface area contributed by atoms with Gasteiger partial charge in [0.25, 0.3) is 0 Å². The molecule has 1 aromatic rings. The maximum atomic E-state index is 5.86. The molecule has 0 fully saturated rings. The number of rotatable bonds is 9. The van der Waals surface area contributed by atoms with Crippen molar-refractivity contribution in [3.05, 3.63) is 24.3 Å². The second-order valence-corrected chi connectivity index (χ2v) is 4.66. The van der Waals surface area contributed by atoms with Crippen molar-refractivity contribution in [3.63, 3.8) is 0 Å². The van der Waals surface area contributed by atoms with Crippen molar-refractivity contribution in [2.75, 3.05) is 46.6 Å². The van der Waals surface area contributed by atoms with E-state index in [1.807, 2.05) is 24.3 Å². The molecule has 0 saturated carbocycles. The van der Waals surface area contributed by atoms with Gasteiger partial charge in [0.2, 0.25) is 0 Å². The number of ether oxygens (including phenoxy) is 4. The first-order valence-electron chi connectivity index (χ1n) is 7.06. The number of methoxy groups -OCH3 is 1. The fourth-order valence-electron chi connectivity index (χ4n) is 1.97. The van der Waals surface area contributed by atoms with E-state index in [2.05, 4.69) is 5.32 Å². The van der Waals surface area contributed by atoms with Gasteiger partial charge in [-0.3, -0.25) is 0 Å². The average Bonchev–Trinajstić information content (AvgIpc) is 2.50. The van der Waals surface area contributed by atoms with Gasteiger partial charge in [0.1, 0.15) is 12.7 Å². The molecule has 1 aliphatic rings. The Balaban J connectivity index is 1.53. The molecule has 1 heterocycles. The van der Waals surface area contributed by atoms with Crippen LogP contribution in [-0.2, 0) is 9.47 Å². The normalized spacial score (nSPS) is 17.1. The van der Waals surface area contributed by atoms with E-state index in [0.717, 1.165) is 37.6 Å². The third-order valence-corrected chi connectivity index (χ3v) is 3.01. The minimum absolute atomic E-state index is 0.0688. The monoisotopic (exact) mass is 281 g/mol. The van der Waals surface area contributed by atoms with Crippen LogP contribution in [0.25, 0.3) is 0 Å². The van der Waals surface area contributed by atoms with E-state index in [-0.39, 0.29) is 6.10 Å². The van der Waals surface area contributed by atoms with Gasteiger partial charge in [-0.05, 0) is 25.1 Å². The standard InChI is InChI=1S/C15H23NO4/c1-17-9-10-18-8-4-7-16-11-13-12-19-14-5-2-3-6-15(14)20-13/h2-3,5-6,13,16H,4,7-12H2,1H3. The molecule has 1 unspecified atom stereocenters. The molecular weight excluding hydrogens is 258 g/mol. The Morgan fingerprint density at radius 2 is 2.05 bits per heavy atom. The number of hydrogen-bond donors (Lipinski definition) is 1. The molecule has 5 nitrogen and oxygen atoms in total. The van der Waals surface area contributed by atoms with E-state index in [9.17, 15) is 0 Å². The first kappa shape index (κ1) is 15.1. The van der Waals surface area contributed by atoms with Crippen LogP contribution in [0.15, 0.2) is 24.3 Å². The zero-order valence-electron chi connectivity index (χ0n) is 12.0. The zero-order chi connectivity index (χ0) is 14.0. The van der Waals surface area contributed by atoms with Gasteiger partial charge < -0.3 is 24.3 Å². The molecule has 20 heavy (non-hydrogen) atoms. The summed E-state index contributed by atoms with van der Waals surface area (Å²) in [5.74, 6) is 1.66. The van der Waals surface area contributed by atoms with Crippen molar-refractivity contribution >= 4 is 0 Å². The van der Waals surface area contributed by atoms with Crippen LogP contribution in [0, 0.1) is 0 Å². The van der Waals surface area contributed by atoms with Crippen molar-refractivity contribution < 1.29 is 18.9 Å². The van der Waals surface area contributed by atoms with Crippen LogP contribution in [0.4, 0.5) is 0 Å². The van der Waals surface area contributed by atoms with Gasteiger partial charge in [0, 0.05) is 20.3 Å². The van der Waals surface area contributed by atoms with E-state index >= 15 is 0 Å². The van der Waals surface area contributed by atoms with Crippen LogP contribution >= 0.6 is 0 Å². The van der Waals surface area contributed by atoms with Gasteiger partial charge in [0.05, 0.1) is 13.2 Å². The number of para-hydroxylation sites is 2. The topological polar surface area (TPSA) is 49.0 Å². The maximum absolute atomic E-state index is 5.86. The molecule has 1 N–H and O–H groups in total. The van der Waals surface area contributed by atoms with E-state index in [1.165, 1.54) is 0 Å². The number of benzene rings is 1. The molecule has 0 aliphatic carbocycles. The summed E-state index contributed by atoms with van der Waals surface area (Å²) in [7, 11) is 1.68. The Morgan fingerprint density at radius 1 is 1.20 bits per heavy atom. The lowest BCUT2D eigenvalue weighted by Gasteiger charge is -2.26. The van der Waals surface area contributed by atoms with E-state index in [4.69, 9.17) is 18.9 Å². The van der Waals surface area contributed by atoms with Crippen molar-refractivity contribution in [1.82, 2.24) is 5.32 Å². The minimum Gasteiger partial charge on any atom is -0.486 e. The molecule has 0 amide bonds. The average molecular weight is 281 g/mol. The molecule has 1 aromatic carbocycles. The molecule has 2 rings (SSSR count). The summed E-state index contributed by atoms with van der Waals surface area (Å²) in [6.45, 7) is 4.35. The van der Waals surface area contributed by atoms with Gasteiger partial charge in [0.15, 0.2) is 11.5 Å². The lowest BCUT2D eigenvalue weighted by Crippen LogP contribution is -2.38. The first-order chi connectivity index (χ1) is 9.90. The summed E-state index contributed by atoms with van der Waals surface area (Å²) in [4.78, 5) is 0. The largest absolute Gasteiger partial charge is 0.486 e. The first-order valence-corrected chi connectivity index (χ1v) is 7.06. The Morgan fingerprint density at radius 3 is 2.90 bits per heavy atom. The third kappa shape index (κ3) is 5.00. The molecule has 0 spiro atoms. The maximum Gasteiger partial charge on any atom is 0.161 e. The lowest BCUT2D eigenvalue weighted by atomic mass is 10.2. The molecule has 0 saturated heterocycles. The summed E-state index contributed by atoms with van der Waals surface area (Å²) in [6, 6.07) is 7.77. The summed E-state index contributed by atoms with van der Waals surface area (Å²) < 4.78 is 21.8. The van der Waals surface area contributed by atoms with Crippen LogP contribution in [0.3, 0.4) is 0 Å². The van der Waals surface area contributed by atoms with E-state index < -0.39 is 0 Å². The molecular formula is C15H23NO4. The van der Waals surface area contributed by atoms with Crippen LogP contribution in [0.2, 0.25) is 0 Å². The second kappa shape index (κ2) is 8.79. The fourth-order valence-corrected chi connectivity index (χ4v) is 1.97. The van der Waals surface area contributed by atoms with E-state index in [0.29, 0.717) is 19.8 Å². The predicted molar refractivity (Wildman–Crippen MR) is 76.5 cm³/mol. The highest BCUT2D eigenvalue weighted by atomic mass is 16.6. The zero-order valence-corrected chi connectivity index (χ0v) is 12.0. The van der Waals surface area contributed by atoms with Gasteiger partial charge in [-0.15, -0.1) is 0 Å². The number of nitrogens with one attached hydrogen (secondary N) is 1. The summed E-state index contributed by atoms with van der Waals surface area (Å²) in [6.07, 6.45) is 1.05. The van der Waals surface area contributed by atoms with Crippen molar-refractivity contribution in [2.45, 2.75) is 12.5 Å². The minimum atomic E-state index is 0.0688. The molecule has 1 aliphatic heterocycles. The van der Waals surface area contributed by atoms with Crippen molar-refractivity contribution in [1.29, 1.82) is 0 Å². The van der Waals surface area contributed by atoms with Crippen LogP contribution < -0.4 is 14.8 Å². The molecule has 5 heteroatoms. The summed E-state index contributed by atoms with van der Waals surface area (Å²) in [5, 5.41) is 3.36. The molecule has 0 bridgehead atoms. The Kier molecular flexibility index (Phi) is 6.63. The summed E-state index contributed by atoms with van der Waals surface area (Å²) >= 11 is 0. The molecule has 112 valence electrons. The molecule has 1 atom stereocenters. The van der Waals surface area contributed by atoms with Gasteiger partial charge in [-0.2, -0.15) is 0 Å². The quantitative estimate of drug-likeness (QED) is 0.695. The lowest BCUT2D eigenvalue weighted by molar-refractivity contribution is 0.0678. The third-order valence-electron chi connectivity index (χ3n) is 3.01. The highest BCUT2D eigenvalue weighted by molar-refractivity contribution is 5.40. The van der Waals surface area contributed by atoms with Crippen LogP contribution in [0.1, 0.15) is 6.42 Å². The molecule has 0 aromatic heterocycles. The Bertz CT molecular complexity index is 386. The van der Waals surface area contributed by atoms with Crippen LogP contribution in [-0.4, -0.2) is 52.7 Å². The predicted octanol–water partition coefficient (Wildman–Crippen LogP) is 1.47. The molecule has 0 radical (unpaired) electrons. The fraction of sp³-hybridized carbons (Fsp3) is 0.600. The Hall–Kier alpha value is -1.30.